The summed E-state index contributed by atoms with van der Waals surface area (Å²) in [6, 6.07) is 12.3. The van der Waals surface area contributed by atoms with Crippen LogP contribution in [-0.4, -0.2) is 61.0 Å². The Labute approximate surface area is 154 Å². The number of rotatable bonds is 6. The molecule has 138 valence electrons. The number of carbonyl (C=O) groups is 1. The maximum atomic E-state index is 12.4. The van der Waals surface area contributed by atoms with E-state index in [1.165, 1.54) is 5.56 Å². The first-order valence-electron chi connectivity index (χ1n) is 8.71. The molecule has 3 rings (SSSR count). The third-order valence-corrected chi connectivity index (χ3v) is 6.30. The molecular formula is C19H23N3O3S. The number of nitrogens with zero attached hydrogens (tertiary/aromatic N) is 3. The van der Waals surface area contributed by atoms with Gasteiger partial charge in [0.2, 0.25) is 5.91 Å². The van der Waals surface area contributed by atoms with Gasteiger partial charge in [0.1, 0.15) is 0 Å². The number of aromatic nitrogens is 1. The van der Waals surface area contributed by atoms with E-state index in [0.717, 1.165) is 19.6 Å². The summed E-state index contributed by atoms with van der Waals surface area (Å²) in [5.74, 6) is -0.236. The summed E-state index contributed by atoms with van der Waals surface area (Å²) >= 11 is 0. The van der Waals surface area contributed by atoms with Crippen molar-refractivity contribution in [2.75, 3.05) is 31.9 Å². The minimum absolute atomic E-state index is 0.0293. The lowest BCUT2D eigenvalue weighted by molar-refractivity contribution is -0.132. The number of sulfone groups is 1. The molecule has 1 fully saturated rings. The van der Waals surface area contributed by atoms with Gasteiger partial charge in [-0.05, 0) is 29.8 Å². The van der Waals surface area contributed by atoms with Crippen LogP contribution in [0.25, 0.3) is 0 Å². The summed E-state index contributed by atoms with van der Waals surface area (Å²) in [6.07, 6.45) is 3.59. The molecule has 0 atom stereocenters. The van der Waals surface area contributed by atoms with E-state index in [2.05, 4.69) is 9.88 Å². The molecule has 1 aromatic heterocycles. The Bertz CT molecular complexity index is 818. The predicted octanol–water partition coefficient (Wildman–Crippen LogP) is 1.59. The van der Waals surface area contributed by atoms with Crippen molar-refractivity contribution < 1.29 is 13.2 Å². The van der Waals surface area contributed by atoms with E-state index in [1.54, 1.807) is 47.6 Å². The molecule has 0 spiro atoms. The number of hydrogen-bond donors (Lipinski definition) is 0. The largest absolute Gasteiger partial charge is 0.340 e. The van der Waals surface area contributed by atoms with Gasteiger partial charge < -0.3 is 4.90 Å². The molecule has 26 heavy (non-hydrogen) atoms. The van der Waals surface area contributed by atoms with Crippen molar-refractivity contribution in [2.24, 2.45) is 0 Å². The van der Waals surface area contributed by atoms with Gasteiger partial charge in [0.05, 0.1) is 10.6 Å². The number of hydrogen-bond acceptors (Lipinski definition) is 5. The van der Waals surface area contributed by atoms with Crippen molar-refractivity contribution in [1.29, 1.82) is 0 Å². The Balaban J connectivity index is 1.47. The molecule has 0 radical (unpaired) electrons. The summed E-state index contributed by atoms with van der Waals surface area (Å²) in [5.41, 5.74) is 1.20. The fourth-order valence-electron chi connectivity index (χ4n) is 3.03. The van der Waals surface area contributed by atoms with E-state index >= 15 is 0 Å². The summed E-state index contributed by atoms with van der Waals surface area (Å²) in [4.78, 5) is 20.7. The maximum Gasteiger partial charge on any atom is 0.223 e. The molecule has 1 aliphatic rings. The summed E-state index contributed by atoms with van der Waals surface area (Å²) < 4.78 is 24.6. The Hall–Kier alpha value is -2.25. The quantitative estimate of drug-likeness (QED) is 0.769. The molecule has 2 heterocycles. The molecule has 6 nitrogen and oxygen atoms in total. The number of benzene rings is 1. The van der Waals surface area contributed by atoms with Crippen molar-refractivity contribution in [2.45, 2.75) is 17.9 Å². The van der Waals surface area contributed by atoms with Gasteiger partial charge in [0, 0.05) is 51.5 Å². The molecule has 7 heteroatoms. The van der Waals surface area contributed by atoms with Gasteiger partial charge in [-0.3, -0.25) is 14.7 Å². The SMILES string of the molecule is O=C(CCS(=O)(=O)c1ccccc1)N1CCN(Cc2ccncc2)CC1. The van der Waals surface area contributed by atoms with Crippen LogP contribution in [0, 0.1) is 0 Å². The highest BCUT2D eigenvalue weighted by atomic mass is 32.2. The molecule has 1 amide bonds. The second-order valence-electron chi connectivity index (χ2n) is 6.39. The molecule has 2 aromatic rings. The first kappa shape index (κ1) is 18.5. The number of carbonyl (C=O) groups excluding carboxylic acids is 1. The minimum atomic E-state index is -3.41. The molecule has 1 aliphatic heterocycles. The molecule has 1 saturated heterocycles. The average Bonchev–Trinajstić information content (AvgIpc) is 2.68. The minimum Gasteiger partial charge on any atom is -0.340 e. The lowest BCUT2D eigenvalue weighted by Gasteiger charge is -2.34. The van der Waals surface area contributed by atoms with E-state index in [0.29, 0.717) is 13.1 Å². The van der Waals surface area contributed by atoms with Crippen LogP contribution in [0.3, 0.4) is 0 Å². The lowest BCUT2D eigenvalue weighted by atomic mass is 10.2. The Morgan fingerprint density at radius 1 is 0.962 bits per heavy atom. The zero-order valence-corrected chi connectivity index (χ0v) is 15.4. The molecule has 0 bridgehead atoms. The molecular weight excluding hydrogens is 350 g/mol. The lowest BCUT2D eigenvalue weighted by Crippen LogP contribution is -2.48. The van der Waals surface area contributed by atoms with E-state index in [9.17, 15) is 13.2 Å². The van der Waals surface area contributed by atoms with Crippen LogP contribution in [-0.2, 0) is 21.2 Å². The van der Waals surface area contributed by atoms with Gasteiger partial charge in [0.25, 0.3) is 0 Å². The van der Waals surface area contributed by atoms with Crippen LogP contribution >= 0.6 is 0 Å². The molecule has 1 aromatic carbocycles. The normalized spacial score (nSPS) is 15.8. The number of amides is 1. The Morgan fingerprint density at radius 2 is 1.62 bits per heavy atom. The van der Waals surface area contributed by atoms with Crippen molar-refractivity contribution in [3.63, 3.8) is 0 Å². The van der Waals surface area contributed by atoms with Crippen LogP contribution in [0.2, 0.25) is 0 Å². The monoisotopic (exact) mass is 373 g/mol. The first-order chi connectivity index (χ1) is 12.5. The number of piperazine rings is 1. The van der Waals surface area contributed by atoms with Crippen LogP contribution in [0.5, 0.6) is 0 Å². The van der Waals surface area contributed by atoms with Crippen molar-refractivity contribution in [3.05, 3.63) is 60.4 Å². The number of pyridine rings is 1. The molecule has 0 N–H and O–H groups in total. The van der Waals surface area contributed by atoms with Gasteiger partial charge >= 0.3 is 0 Å². The molecule has 0 unspecified atom stereocenters. The molecule has 0 aliphatic carbocycles. The molecule has 0 saturated carbocycles. The van der Waals surface area contributed by atoms with Gasteiger partial charge in [-0.15, -0.1) is 0 Å². The summed E-state index contributed by atoms with van der Waals surface area (Å²) in [7, 11) is -3.41. The topological polar surface area (TPSA) is 70.6 Å². The maximum absolute atomic E-state index is 12.4. The van der Waals surface area contributed by atoms with Crippen LogP contribution in [0.1, 0.15) is 12.0 Å². The van der Waals surface area contributed by atoms with Gasteiger partial charge in [0.15, 0.2) is 9.84 Å². The van der Waals surface area contributed by atoms with E-state index in [4.69, 9.17) is 0 Å². The predicted molar refractivity (Wildman–Crippen MR) is 99.2 cm³/mol. The second kappa shape index (κ2) is 8.42. The zero-order chi connectivity index (χ0) is 18.4. The Kier molecular flexibility index (Phi) is 6.00. The highest BCUT2D eigenvalue weighted by molar-refractivity contribution is 7.91. The second-order valence-corrected chi connectivity index (χ2v) is 8.50. The van der Waals surface area contributed by atoms with Gasteiger partial charge in [-0.2, -0.15) is 0 Å². The average molecular weight is 373 g/mol. The smallest absolute Gasteiger partial charge is 0.223 e. The Morgan fingerprint density at radius 3 is 2.27 bits per heavy atom. The van der Waals surface area contributed by atoms with Crippen LogP contribution in [0.15, 0.2) is 59.8 Å². The van der Waals surface area contributed by atoms with Crippen molar-refractivity contribution in [3.8, 4) is 0 Å². The van der Waals surface area contributed by atoms with Crippen molar-refractivity contribution in [1.82, 2.24) is 14.8 Å². The van der Waals surface area contributed by atoms with Gasteiger partial charge in [-0.25, -0.2) is 8.42 Å². The third-order valence-electron chi connectivity index (χ3n) is 4.57. The first-order valence-corrected chi connectivity index (χ1v) is 10.4. The fraction of sp³-hybridized carbons (Fsp3) is 0.368. The third kappa shape index (κ3) is 4.89. The van der Waals surface area contributed by atoms with Crippen LogP contribution in [0.4, 0.5) is 0 Å². The highest BCUT2D eigenvalue weighted by Gasteiger charge is 2.23. The highest BCUT2D eigenvalue weighted by Crippen LogP contribution is 2.13. The summed E-state index contributed by atoms with van der Waals surface area (Å²) in [6.45, 7) is 3.69. The van der Waals surface area contributed by atoms with Gasteiger partial charge in [-0.1, -0.05) is 18.2 Å². The zero-order valence-electron chi connectivity index (χ0n) is 14.6. The van der Waals surface area contributed by atoms with Crippen molar-refractivity contribution >= 4 is 15.7 Å². The van der Waals surface area contributed by atoms with E-state index in [-0.39, 0.29) is 23.0 Å². The fourth-order valence-corrected chi connectivity index (χ4v) is 4.28. The summed E-state index contributed by atoms with van der Waals surface area (Å²) in [5, 5.41) is 0. The standard InChI is InChI=1S/C19H23N3O3S/c23-19(8-15-26(24,25)18-4-2-1-3-5-18)22-13-11-21(12-14-22)16-17-6-9-20-10-7-17/h1-7,9-10H,8,11-16H2. The van der Waals surface area contributed by atoms with E-state index < -0.39 is 9.84 Å². The van der Waals surface area contributed by atoms with Crippen LogP contribution < -0.4 is 0 Å². The van der Waals surface area contributed by atoms with E-state index in [1.807, 2.05) is 12.1 Å².